The van der Waals surface area contributed by atoms with Crippen molar-refractivity contribution in [3.05, 3.63) is 29.1 Å². The van der Waals surface area contributed by atoms with Crippen molar-refractivity contribution in [2.45, 2.75) is 38.6 Å². The fraction of sp³-hybridized carbons (Fsp3) is 0.538. The van der Waals surface area contributed by atoms with Gasteiger partial charge < -0.3 is 5.73 Å². The molecule has 0 aliphatic rings. The molecule has 0 saturated heterocycles. The van der Waals surface area contributed by atoms with Crippen LogP contribution < -0.4 is 5.73 Å². The molecule has 4 nitrogen and oxygen atoms in total. The highest BCUT2D eigenvalue weighted by Gasteiger charge is 2.24. The van der Waals surface area contributed by atoms with Crippen LogP contribution in [-0.2, 0) is 16.6 Å². The summed E-state index contributed by atoms with van der Waals surface area (Å²) in [6.45, 7) is 6.07. The normalized spacial score (nSPS) is 12.1. The molecular weight excluding hydrogens is 267 g/mol. The molecule has 2 N–H and O–H groups in total. The Balaban J connectivity index is 3.32. The number of halogens is 1. The van der Waals surface area contributed by atoms with E-state index in [0.717, 1.165) is 6.42 Å². The van der Waals surface area contributed by atoms with Gasteiger partial charge in [0.25, 0.3) is 0 Å². The second-order valence-corrected chi connectivity index (χ2v) is 6.35. The van der Waals surface area contributed by atoms with Gasteiger partial charge in [-0.15, -0.1) is 0 Å². The summed E-state index contributed by atoms with van der Waals surface area (Å²) in [5.41, 5.74) is 5.98. The van der Waals surface area contributed by atoms with E-state index in [0.29, 0.717) is 18.7 Å². The first-order valence-corrected chi connectivity index (χ1v) is 7.81. The number of hydrogen-bond donors (Lipinski definition) is 1. The van der Waals surface area contributed by atoms with E-state index in [1.54, 1.807) is 13.8 Å². The predicted octanol–water partition coefficient (Wildman–Crippen LogP) is 2.01. The van der Waals surface area contributed by atoms with Crippen molar-refractivity contribution >= 4 is 10.0 Å². The topological polar surface area (TPSA) is 63.4 Å². The first-order valence-electron chi connectivity index (χ1n) is 6.37. The maximum absolute atomic E-state index is 13.7. The van der Waals surface area contributed by atoms with Crippen LogP contribution in [0.15, 0.2) is 17.0 Å². The minimum Gasteiger partial charge on any atom is -0.326 e. The molecule has 0 aromatic heterocycles. The zero-order chi connectivity index (χ0) is 14.6. The minimum atomic E-state index is -3.57. The van der Waals surface area contributed by atoms with Gasteiger partial charge >= 0.3 is 0 Å². The van der Waals surface area contributed by atoms with Crippen LogP contribution in [0.25, 0.3) is 0 Å². The number of benzene rings is 1. The Morgan fingerprint density at radius 1 is 1.32 bits per heavy atom. The zero-order valence-electron chi connectivity index (χ0n) is 11.6. The Bertz CT molecular complexity index is 544. The number of nitrogens with two attached hydrogens (primary N) is 1. The third-order valence-electron chi connectivity index (χ3n) is 2.99. The van der Waals surface area contributed by atoms with Gasteiger partial charge in [-0.05, 0) is 31.0 Å². The third-order valence-corrected chi connectivity index (χ3v) is 4.94. The Labute approximate surface area is 114 Å². The summed E-state index contributed by atoms with van der Waals surface area (Å²) in [5.74, 6) is -0.431. The lowest BCUT2D eigenvalue weighted by atomic mass is 10.1. The Morgan fingerprint density at radius 3 is 2.42 bits per heavy atom. The Hall–Kier alpha value is -0.980. The molecule has 0 amide bonds. The van der Waals surface area contributed by atoms with Gasteiger partial charge in [0.2, 0.25) is 10.0 Å². The number of sulfonamides is 1. The van der Waals surface area contributed by atoms with E-state index >= 15 is 0 Å². The van der Waals surface area contributed by atoms with Gasteiger partial charge in [-0.2, -0.15) is 4.31 Å². The van der Waals surface area contributed by atoms with E-state index in [9.17, 15) is 12.8 Å². The van der Waals surface area contributed by atoms with Crippen molar-refractivity contribution in [1.29, 1.82) is 0 Å². The van der Waals surface area contributed by atoms with Crippen molar-refractivity contribution < 1.29 is 12.8 Å². The summed E-state index contributed by atoms with van der Waals surface area (Å²) in [4.78, 5) is 0.113. The van der Waals surface area contributed by atoms with E-state index in [4.69, 9.17) is 5.73 Å². The van der Waals surface area contributed by atoms with Crippen LogP contribution in [0.5, 0.6) is 0 Å². The van der Waals surface area contributed by atoms with Crippen molar-refractivity contribution in [2.24, 2.45) is 5.73 Å². The van der Waals surface area contributed by atoms with Crippen molar-refractivity contribution in [3.8, 4) is 0 Å². The Morgan fingerprint density at radius 2 is 1.95 bits per heavy atom. The van der Waals surface area contributed by atoms with Crippen LogP contribution in [0, 0.1) is 12.7 Å². The van der Waals surface area contributed by atoms with E-state index in [1.807, 2.05) is 6.92 Å². The molecule has 0 bridgehead atoms. The summed E-state index contributed by atoms with van der Waals surface area (Å²) >= 11 is 0. The van der Waals surface area contributed by atoms with Crippen molar-refractivity contribution in [1.82, 2.24) is 4.31 Å². The summed E-state index contributed by atoms with van der Waals surface area (Å²) in [7, 11) is -3.57. The van der Waals surface area contributed by atoms with Gasteiger partial charge in [0.1, 0.15) is 5.82 Å². The summed E-state index contributed by atoms with van der Waals surface area (Å²) in [5, 5.41) is 0. The minimum absolute atomic E-state index is 0.0179. The van der Waals surface area contributed by atoms with Gasteiger partial charge in [-0.3, -0.25) is 0 Å². The van der Waals surface area contributed by atoms with E-state index < -0.39 is 15.8 Å². The van der Waals surface area contributed by atoms with Gasteiger partial charge in [0.05, 0.1) is 4.90 Å². The predicted molar refractivity (Wildman–Crippen MR) is 73.8 cm³/mol. The molecule has 0 aliphatic carbocycles. The van der Waals surface area contributed by atoms with Crippen LogP contribution in [0.4, 0.5) is 4.39 Å². The lowest BCUT2D eigenvalue weighted by Crippen LogP contribution is -2.31. The van der Waals surface area contributed by atoms with Crippen LogP contribution in [0.2, 0.25) is 0 Å². The molecule has 0 aliphatic heterocycles. The van der Waals surface area contributed by atoms with Crippen LogP contribution in [0.1, 0.15) is 31.4 Å². The van der Waals surface area contributed by atoms with Crippen LogP contribution >= 0.6 is 0 Å². The fourth-order valence-corrected chi connectivity index (χ4v) is 3.63. The largest absolute Gasteiger partial charge is 0.326 e. The highest BCUT2D eigenvalue weighted by Crippen LogP contribution is 2.22. The highest BCUT2D eigenvalue weighted by molar-refractivity contribution is 7.89. The van der Waals surface area contributed by atoms with Gasteiger partial charge in [0.15, 0.2) is 0 Å². The molecule has 1 rings (SSSR count). The molecule has 108 valence electrons. The molecule has 0 unspecified atom stereocenters. The average Bonchev–Trinajstić information content (AvgIpc) is 2.38. The van der Waals surface area contributed by atoms with Crippen molar-refractivity contribution in [2.75, 3.05) is 13.1 Å². The summed E-state index contributed by atoms with van der Waals surface area (Å²) < 4.78 is 40.0. The SMILES string of the molecule is CCCN(CC)S(=O)(=O)c1cc(C)c(F)c(CN)c1. The molecule has 0 spiro atoms. The van der Waals surface area contributed by atoms with Gasteiger partial charge in [-0.1, -0.05) is 13.8 Å². The maximum atomic E-state index is 13.7. The molecule has 19 heavy (non-hydrogen) atoms. The average molecular weight is 288 g/mol. The van der Waals surface area contributed by atoms with E-state index in [1.165, 1.54) is 16.4 Å². The highest BCUT2D eigenvalue weighted by atomic mass is 32.2. The third kappa shape index (κ3) is 3.32. The van der Waals surface area contributed by atoms with E-state index in [2.05, 4.69) is 0 Å². The van der Waals surface area contributed by atoms with Crippen LogP contribution in [0.3, 0.4) is 0 Å². The number of aryl methyl sites for hydroxylation is 1. The zero-order valence-corrected chi connectivity index (χ0v) is 12.4. The molecule has 0 heterocycles. The number of nitrogens with zero attached hydrogens (tertiary/aromatic N) is 1. The molecule has 0 atom stereocenters. The second kappa shape index (κ2) is 6.45. The maximum Gasteiger partial charge on any atom is 0.243 e. The van der Waals surface area contributed by atoms with Crippen molar-refractivity contribution in [3.63, 3.8) is 0 Å². The molecule has 0 fully saturated rings. The lowest BCUT2D eigenvalue weighted by molar-refractivity contribution is 0.427. The summed E-state index contributed by atoms with van der Waals surface area (Å²) in [6.07, 6.45) is 0.733. The summed E-state index contributed by atoms with van der Waals surface area (Å²) in [6, 6.07) is 2.69. The van der Waals surface area contributed by atoms with Gasteiger partial charge in [-0.25, -0.2) is 12.8 Å². The monoisotopic (exact) mass is 288 g/mol. The molecule has 1 aromatic rings. The second-order valence-electron chi connectivity index (χ2n) is 4.41. The van der Waals surface area contributed by atoms with E-state index in [-0.39, 0.29) is 17.0 Å². The quantitative estimate of drug-likeness (QED) is 0.871. The molecule has 6 heteroatoms. The van der Waals surface area contributed by atoms with Crippen LogP contribution in [-0.4, -0.2) is 25.8 Å². The fourth-order valence-electron chi connectivity index (χ4n) is 1.95. The first-order chi connectivity index (χ1) is 8.88. The Kier molecular flexibility index (Phi) is 5.46. The van der Waals surface area contributed by atoms with Gasteiger partial charge in [0, 0.05) is 25.2 Å². The number of hydrogen-bond acceptors (Lipinski definition) is 3. The molecule has 1 aromatic carbocycles. The molecule has 0 radical (unpaired) electrons. The number of rotatable bonds is 6. The smallest absolute Gasteiger partial charge is 0.243 e. The lowest BCUT2D eigenvalue weighted by Gasteiger charge is -2.20. The molecule has 0 saturated carbocycles. The first kappa shape index (κ1) is 16.1. The standard InChI is InChI=1S/C13H21FN2O2S/c1-4-6-16(5-2)19(17,18)12-7-10(3)13(14)11(8-12)9-15/h7-8H,4-6,9,15H2,1-3H3. The molecular formula is C13H21FN2O2S.